The Kier molecular flexibility index (Phi) is 6.78. The van der Waals surface area contributed by atoms with Crippen molar-refractivity contribution in [1.29, 1.82) is 5.26 Å². The Morgan fingerprint density at radius 1 is 1.07 bits per heavy atom. The third-order valence-electron chi connectivity index (χ3n) is 3.91. The van der Waals surface area contributed by atoms with Crippen LogP contribution in [0.25, 0.3) is 0 Å². The van der Waals surface area contributed by atoms with E-state index < -0.39 is 18.5 Å². The molecule has 27 heavy (non-hydrogen) atoms. The van der Waals surface area contributed by atoms with E-state index in [1.807, 2.05) is 6.07 Å². The molecular weight excluding hydrogens is 348 g/mol. The Labute approximate surface area is 157 Å². The van der Waals surface area contributed by atoms with Gasteiger partial charge in [0, 0.05) is 11.3 Å². The lowest BCUT2D eigenvalue weighted by atomic mass is 10.1. The molecule has 0 bridgehead atoms. The summed E-state index contributed by atoms with van der Waals surface area (Å²) in [6, 6.07) is 13.7. The molecule has 0 atom stereocenters. The number of nitrogens with zero attached hydrogens (tertiary/aromatic N) is 2. The van der Waals surface area contributed by atoms with Crippen molar-refractivity contribution in [3.63, 3.8) is 0 Å². The number of nitriles is 1. The molecule has 0 aromatic heterocycles. The van der Waals surface area contributed by atoms with Gasteiger partial charge in [0.05, 0.1) is 25.9 Å². The molecule has 0 unspecified atom stereocenters. The van der Waals surface area contributed by atoms with Gasteiger partial charge in [-0.3, -0.25) is 9.69 Å². The number of benzene rings is 2. The Morgan fingerprint density at radius 2 is 1.67 bits per heavy atom. The summed E-state index contributed by atoms with van der Waals surface area (Å²) in [6.07, 6.45) is 0. The monoisotopic (exact) mass is 368 g/mol. The third kappa shape index (κ3) is 4.76. The van der Waals surface area contributed by atoms with Crippen molar-refractivity contribution in [2.45, 2.75) is 6.92 Å². The number of rotatable bonds is 7. The molecule has 2 aromatic carbocycles. The highest BCUT2D eigenvalue weighted by Gasteiger charge is 2.19. The number of hydrogen-bond acceptors (Lipinski definition) is 6. The first kappa shape index (κ1) is 19.8. The maximum atomic E-state index is 12.4. The lowest BCUT2D eigenvalue weighted by molar-refractivity contribution is -0.121. The van der Waals surface area contributed by atoms with Crippen molar-refractivity contribution in [1.82, 2.24) is 0 Å². The SMILES string of the molecule is COc1cc(C(=O)OCC(=O)N(CC#N)c2ccccc2)cc(OC)c1C. The van der Waals surface area contributed by atoms with E-state index in [4.69, 9.17) is 19.5 Å². The molecule has 7 heteroatoms. The minimum atomic E-state index is -0.690. The van der Waals surface area contributed by atoms with Crippen LogP contribution in [-0.2, 0) is 9.53 Å². The maximum Gasteiger partial charge on any atom is 0.338 e. The predicted molar refractivity (Wildman–Crippen MR) is 99.0 cm³/mol. The largest absolute Gasteiger partial charge is 0.496 e. The van der Waals surface area contributed by atoms with Crippen LogP contribution in [0.2, 0.25) is 0 Å². The second-order valence-electron chi connectivity index (χ2n) is 5.56. The summed E-state index contributed by atoms with van der Waals surface area (Å²) in [6.45, 7) is 1.16. The van der Waals surface area contributed by atoms with Crippen LogP contribution >= 0.6 is 0 Å². The number of ether oxygens (including phenoxy) is 3. The molecular formula is C20H20N2O5. The van der Waals surface area contributed by atoms with Gasteiger partial charge in [-0.2, -0.15) is 5.26 Å². The smallest absolute Gasteiger partial charge is 0.338 e. The normalized spacial score (nSPS) is 9.85. The molecule has 0 radical (unpaired) electrons. The zero-order valence-electron chi connectivity index (χ0n) is 15.4. The van der Waals surface area contributed by atoms with E-state index in [1.54, 1.807) is 37.3 Å². The van der Waals surface area contributed by atoms with Crippen LogP contribution in [0.15, 0.2) is 42.5 Å². The topological polar surface area (TPSA) is 88.9 Å². The quantitative estimate of drug-likeness (QED) is 0.551. The second-order valence-corrected chi connectivity index (χ2v) is 5.56. The van der Waals surface area contributed by atoms with Gasteiger partial charge in [0.2, 0.25) is 0 Å². The number of para-hydroxylation sites is 1. The predicted octanol–water partition coefficient (Wildman–Crippen LogP) is 2.73. The van der Waals surface area contributed by atoms with Crippen molar-refractivity contribution in [2.24, 2.45) is 0 Å². The summed E-state index contributed by atoms with van der Waals surface area (Å²) in [4.78, 5) is 26.0. The Hall–Kier alpha value is -3.53. The number of anilines is 1. The minimum absolute atomic E-state index is 0.146. The summed E-state index contributed by atoms with van der Waals surface area (Å²) >= 11 is 0. The van der Waals surface area contributed by atoms with Crippen LogP contribution in [0.4, 0.5) is 5.69 Å². The highest BCUT2D eigenvalue weighted by atomic mass is 16.5. The lowest BCUT2D eigenvalue weighted by Gasteiger charge is -2.19. The molecule has 0 aliphatic heterocycles. The molecule has 0 aliphatic rings. The van der Waals surface area contributed by atoms with Gasteiger partial charge in [-0.25, -0.2) is 4.79 Å². The zero-order valence-corrected chi connectivity index (χ0v) is 15.4. The molecule has 2 aromatic rings. The van der Waals surface area contributed by atoms with Crippen LogP contribution in [0.5, 0.6) is 11.5 Å². The Morgan fingerprint density at radius 3 is 2.19 bits per heavy atom. The van der Waals surface area contributed by atoms with E-state index in [0.29, 0.717) is 17.2 Å². The Balaban J connectivity index is 2.12. The standard InChI is InChI=1S/C20H20N2O5/c1-14-17(25-2)11-15(12-18(14)26-3)20(24)27-13-19(23)22(10-9-21)16-7-5-4-6-8-16/h4-8,11-12H,10,13H2,1-3H3. The number of carbonyl (C=O) groups excluding carboxylic acids is 2. The fraction of sp³-hybridized carbons (Fsp3) is 0.250. The Bertz CT molecular complexity index is 833. The minimum Gasteiger partial charge on any atom is -0.496 e. The van der Waals surface area contributed by atoms with E-state index in [-0.39, 0.29) is 12.1 Å². The summed E-state index contributed by atoms with van der Waals surface area (Å²) in [5.74, 6) is -0.238. The number of hydrogen-bond donors (Lipinski definition) is 0. The molecule has 0 aliphatic carbocycles. The third-order valence-corrected chi connectivity index (χ3v) is 3.91. The van der Waals surface area contributed by atoms with Crippen molar-refractivity contribution in [3.8, 4) is 17.6 Å². The second kappa shape index (κ2) is 9.25. The van der Waals surface area contributed by atoms with Gasteiger partial charge in [0.25, 0.3) is 5.91 Å². The fourth-order valence-corrected chi connectivity index (χ4v) is 2.49. The first-order valence-corrected chi connectivity index (χ1v) is 8.14. The van der Waals surface area contributed by atoms with Gasteiger partial charge in [0.1, 0.15) is 18.0 Å². The zero-order chi connectivity index (χ0) is 19.8. The highest BCUT2D eigenvalue weighted by molar-refractivity contribution is 5.97. The van der Waals surface area contributed by atoms with Gasteiger partial charge >= 0.3 is 5.97 Å². The van der Waals surface area contributed by atoms with E-state index >= 15 is 0 Å². The molecule has 0 saturated heterocycles. The van der Waals surface area contributed by atoms with E-state index in [0.717, 1.165) is 5.56 Å². The molecule has 2 rings (SSSR count). The maximum absolute atomic E-state index is 12.4. The summed E-state index contributed by atoms with van der Waals surface area (Å²) < 4.78 is 15.6. The van der Waals surface area contributed by atoms with Crippen LogP contribution in [0, 0.1) is 18.3 Å². The molecule has 0 N–H and O–H groups in total. The average molecular weight is 368 g/mol. The first-order chi connectivity index (χ1) is 13.0. The molecule has 0 spiro atoms. The number of methoxy groups -OCH3 is 2. The van der Waals surface area contributed by atoms with Crippen molar-refractivity contribution >= 4 is 17.6 Å². The van der Waals surface area contributed by atoms with E-state index in [1.165, 1.54) is 31.3 Å². The number of esters is 1. The van der Waals surface area contributed by atoms with Gasteiger partial charge in [-0.05, 0) is 31.2 Å². The van der Waals surface area contributed by atoms with Crippen LogP contribution in [-0.4, -0.2) is 39.2 Å². The fourth-order valence-electron chi connectivity index (χ4n) is 2.49. The van der Waals surface area contributed by atoms with Gasteiger partial charge in [-0.1, -0.05) is 18.2 Å². The van der Waals surface area contributed by atoms with Crippen LogP contribution in [0.1, 0.15) is 15.9 Å². The van der Waals surface area contributed by atoms with Crippen molar-refractivity contribution < 1.29 is 23.8 Å². The summed E-state index contributed by atoms with van der Waals surface area (Å²) in [5, 5.41) is 8.96. The average Bonchev–Trinajstić information content (AvgIpc) is 2.70. The van der Waals surface area contributed by atoms with Gasteiger partial charge < -0.3 is 14.2 Å². The van der Waals surface area contributed by atoms with Crippen LogP contribution < -0.4 is 14.4 Å². The molecule has 0 fully saturated rings. The molecule has 7 nitrogen and oxygen atoms in total. The van der Waals surface area contributed by atoms with Gasteiger partial charge in [-0.15, -0.1) is 0 Å². The molecule has 0 heterocycles. The summed E-state index contributed by atoms with van der Waals surface area (Å²) in [5.41, 5.74) is 1.50. The number of amides is 1. The molecule has 140 valence electrons. The highest BCUT2D eigenvalue weighted by Crippen LogP contribution is 2.29. The van der Waals surface area contributed by atoms with Gasteiger partial charge in [0.15, 0.2) is 6.61 Å². The first-order valence-electron chi connectivity index (χ1n) is 8.14. The van der Waals surface area contributed by atoms with Crippen molar-refractivity contribution in [3.05, 3.63) is 53.6 Å². The van der Waals surface area contributed by atoms with E-state index in [2.05, 4.69) is 0 Å². The van der Waals surface area contributed by atoms with Crippen LogP contribution in [0.3, 0.4) is 0 Å². The summed E-state index contributed by atoms with van der Waals surface area (Å²) in [7, 11) is 2.97. The lowest BCUT2D eigenvalue weighted by Crippen LogP contribution is -2.35. The number of carbonyl (C=O) groups is 2. The molecule has 1 amide bonds. The molecule has 0 saturated carbocycles. The van der Waals surface area contributed by atoms with Crippen molar-refractivity contribution in [2.75, 3.05) is 32.3 Å². The van der Waals surface area contributed by atoms with E-state index in [9.17, 15) is 9.59 Å².